The first-order valence-electron chi connectivity index (χ1n) is 7.67. The van der Waals surface area contributed by atoms with E-state index in [-0.39, 0.29) is 6.04 Å². The molecule has 0 fully saturated rings. The lowest BCUT2D eigenvalue weighted by molar-refractivity contribution is 0.184. The fourth-order valence-corrected chi connectivity index (χ4v) is 2.56. The highest BCUT2D eigenvalue weighted by Crippen LogP contribution is 2.25. The third-order valence-electron chi connectivity index (χ3n) is 3.69. The van der Waals surface area contributed by atoms with Crippen LogP contribution in [0.1, 0.15) is 22.7 Å². The lowest BCUT2D eigenvalue weighted by atomic mass is 9.99. The van der Waals surface area contributed by atoms with Crippen LogP contribution in [0, 0.1) is 0 Å². The largest absolute Gasteiger partial charge is 0.380 e. The molecule has 0 saturated heterocycles. The Bertz CT molecular complexity index is 672. The summed E-state index contributed by atoms with van der Waals surface area (Å²) in [6.45, 7) is 0.577. The molecule has 0 spiro atoms. The average Bonchev–Trinajstić information content (AvgIpc) is 2.63. The topological polar surface area (TPSA) is 34.1 Å². The molecule has 0 aliphatic heterocycles. The molecule has 2 aromatic carbocycles. The highest BCUT2D eigenvalue weighted by molar-refractivity contribution is 5.44. The van der Waals surface area contributed by atoms with Crippen molar-refractivity contribution in [2.75, 3.05) is 12.4 Å². The number of pyridine rings is 1. The van der Waals surface area contributed by atoms with Crippen LogP contribution < -0.4 is 5.32 Å². The van der Waals surface area contributed by atoms with Crippen LogP contribution in [-0.2, 0) is 11.3 Å². The van der Waals surface area contributed by atoms with Crippen LogP contribution in [-0.4, -0.2) is 12.1 Å². The molecule has 3 rings (SSSR count). The number of benzene rings is 2. The van der Waals surface area contributed by atoms with Gasteiger partial charge in [-0.15, -0.1) is 0 Å². The minimum Gasteiger partial charge on any atom is -0.380 e. The molecule has 0 aliphatic carbocycles. The molecule has 1 aromatic heterocycles. The number of anilines is 1. The first kappa shape index (κ1) is 15.3. The number of nitrogens with one attached hydrogen (secondary N) is 1. The van der Waals surface area contributed by atoms with Gasteiger partial charge in [0.05, 0.1) is 12.6 Å². The van der Waals surface area contributed by atoms with Gasteiger partial charge in [-0.05, 0) is 22.8 Å². The summed E-state index contributed by atoms with van der Waals surface area (Å²) in [7, 11) is 1.69. The number of methoxy groups -OCH3 is 1. The molecular weight excluding hydrogens is 284 g/mol. The van der Waals surface area contributed by atoms with Gasteiger partial charge in [0.25, 0.3) is 0 Å². The Morgan fingerprint density at radius 3 is 1.96 bits per heavy atom. The minimum atomic E-state index is 0.0678. The lowest BCUT2D eigenvalue weighted by Gasteiger charge is -2.20. The summed E-state index contributed by atoms with van der Waals surface area (Å²) in [5, 5.41) is 3.53. The molecule has 1 heterocycles. The third kappa shape index (κ3) is 3.96. The highest BCUT2D eigenvalue weighted by Gasteiger charge is 2.13. The van der Waals surface area contributed by atoms with E-state index in [1.54, 1.807) is 7.11 Å². The van der Waals surface area contributed by atoms with Crippen molar-refractivity contribution < 1.29 is 4.74 Å². The van der Waals surface area contributed by atoms with E-state index in [0.717, 1.165) is 11.4 Å². The van der Waals surface area contributed by atoms with Crippen molar-refractivity contribution in [2.45, 2.75) is 12.6 Å². The van der Waals surface area contributed by atoms with Crippen LogP contribution in [0.5, 0.6) is 0 Å². The fraction of sp³-hybridized carbons (Fsp3) is 0.150. The number of nitrogens with zero attached hydrogens (tertiary/aromatic N) is 1. The predicted octanol–water partition coefficient (Wildman–Crippen LogP) is 4.43. The first-order chi connectivity index (χ1) is 11.4. The van der Waals surface area contributed by atoms with Crippen molar-refractivity contribution >= 4 is 5.82 Å². The van der Waals surface area contributed by atoms with Crippen LogP contribution in [0.15, 0.2) is 79.0 Å². The molecule has 0 atom stereocenters. The number of rotatable bonds is 6. The van der Waals surface area contributed by atoms with Crippen LogP contribution in [0.25, 0.3) is 0 Å². The highest BCUT2D eigenvalue weighted by atomic mass is 16.5. The second-order valence-corrected chi connectivity index (χ2v) is 5.38. The first-order valence-corrected chi connectivity index (χ1v) is 7.67. The zero-order valence-electron chi connectivity index (χ0n) is 13.1. The molecule has 23 heavy (non-hydrogen) atoms. The Balaban J connectivity index is 1.87. The van der Waals surface area contributed by atoms with E-state index in [0.29, 0.717) is 6.61 Å². The fourth-order valence-electron chi connectivity index (χ4n) is 2.56. The van der Waals surface area contributed by atoms with Crippen molar-refractivity contribution in [3.05, 3.63) is 95.7 Å². The van der Waals surface area contributed by atoms with Gasteiger partial charge in [0.2, 0.25) is 0 Å². The van der Waals surface area contributed by atoms with Gasteiger partial charge in [0, 0.05) is 13.3 Å². The summed E-state index contributed by atoms with van der Waals surface area (Å²) in [4.78, 5) is 4.50. The van der Waals surface area contributed by atoms with Gasteiger partial charge >= 0.3 is 0 Å². The molecular formula is C20H20N2O. The standard InChI is InChI=1S/C20H20N2O/c1-23-15-16-12-13-19(21-14-16)22-20(17-8-4-2-5-9-17)18-10-6-3-7-11-18/h2-14,20H,15H2,1H3,(H,21,22). The third-order valence-corrected chi connectivity index (χ3v) is 3.69. The summed E-state index contributed by atoms with van der Waals surface area (Å²) in [5.74, 6) is 0.850. The molecule has 0 saturated carbocycles. The molecule has 0 amide bonds. The van der Waals surface area contributed by atoms with E-state index in [2.05, 4.69) is 58.8 Å². The zero-order chi connectivity index (χ0) is 15.9. The Hall–Kier alpha value is -2.65. The van der Waals surface area contributed by atoms with E-state index < -0.39 is 0 Å². The van der Waals surface area contributed by atoms with Gasteiger partial charge in [-0.25, -0.2) is 4.98 Å². The van der Waals surface area contributed by atoms with E-state index in [1.165, 1.54) is 11.1 Å². The summed E-state index contributed by atoms with van der Waals surface area (Å²) in [6.07, 6.45) is 1.85. The van der Waals surface area contributed by atoms with Gasteiger partial charge in [0.15, 0.2) is 0 Å². The lowest BCUT2D eigenvalue weighted by Crippen LogP contribution is -2.13. The number of hydrogen-bond donors (Lipinski definition) is 1. The molecule has 1 N–H and O–H groups in total. The summed E-state index contributed by atoms with van der Waals surface area (Å²) < 4.78 is 5.13. The van der Waals surface area contributed by atoms with Crippen LogP contribution in [0.2, 0.25) is 0 Å². The Morgan fingerprint density at radius 1 is 0.870 bits per heavy atom. The monoisotopic (exact) mass is 304 g/mol. The van der Waals surface area contributed by atoms with Crippen molar-refractivity contribution in [1.29, 1.82) is 0 Å². The molecule has 0 radical (unpaired) electrons. The summed E-state index contributed by atoms with van der Waals surface area (Å²) >= 11 is 0. The normalized spacial score (nSPS) is 10.7. The molecule has 3 nitrogen and oxygen atoms in total. The van der Waals surface area contributed by atoms with E-state index in [9.17, 15) is 0 Å². The van der Waals surface area contributed by atoms with E-state index in [1.807, 2.05) is 30.5 Å². The molecule has 116 valence electrons. The smallest absolute Gasteiger partial charge is 0.126 e. The van der Waals surface area contributed by atoms with Crippen LogP contribution in [0.3, 0.4) is 0 Å². The van der Waals surface area contributed by atoms with Crippen molar-refractivity contribution in [1.82, 2.24) is 4.98 Å². The Labute approximate surface area is 137 Å². The Morgan fingerprint density at radius 2 is 1.48 bits per heavy atom. The number of ether oxygens (including phenoxy) is 1. The van der Waals surface area contributed by atoms with Crippen LogP contribution >= 0.6 is 0 Å². The maximum Gasteiger partial charge on any atom is 0.126 e. The number of hydrogen-bond acceptors (Lipinski definition) is 3. The SMILES string of the molecule is COCc1ccc(NC(c2ccccc2)c2ccccc2)nc1. The number of aromatic nitrogens is 1. The second kappa shape index (κ2) is 7.56. The van der Waals surface area contributed by atoms with Gasteiger partial charge in [0.1, 0.15) is 5.82 Å². The van der Waals surface area contributed by atoms with E-state index >= 15 is 0 Å². The second-order valence-electron chi connectivity index (χ2n) is 5.38. The van der Waals surface area contributed by atoms with Gasteiger partial charge in [-0.3, -0.25) is 0 Å². The molecule has 0 aliphatic rings. The predicted molar refractivity (Wildman–Crippen MR) is 93.3 cm³/mol. The maximum absolute atomic E-state index is 5.13. The molecule has 0 unspecified atom stereocenters. The molecule has 0 bridgehead atoms. The van der Waals surface area contributed by atoms with Crippen LogP contribution in [0.4, 0.5) is 5.82 Å². The Kier molecular flexibility index (Phi) is 5.02. The summed E-state index contributed by atoms with van der Waals surface area (Å²) in [5.41, 5.74) is 3.48. The van der Waals surface area contributed by atoms with Crippen molar-refractivity contribution in [2.24, 2.45) is 0 Å². The molecule has 3 heteroatoms. The van der Waals surface area contributed by atoms with Crippen molar-refractivity contribution in [3.8, 4) is 0 Å². The quantitative estimate of drug-likeness (QED) is 0.731. The van der Waals surface area contributed by atoms with Gasteiger partial charge < -0.3 is 10.1 Å². The van der Waals surface area contributed by atoms with Gasteiger partial charge in [-0.2, -0.15) is 0 Å². The zero-order valence-corrected chi connectivity index (χ0v) is 13.1. The van der Waals surface area contributed by atoms with E-state index in [4.69, 9.17) is 4.74 Å². The maximum atomic E-state index is 5.13. The van der Waals surface area contributed by atoms with Crippen molar-refractivity contribution in [3.63, 3.8) is 0 Å². The minimum absolute atomic E-state index is 0.0678. The average molecular weight is 304 g/mol. The molecule has 3 aromatic rings. The summed E-state index contributed by atoms with van der Waals surface area (Å²) in [6, 6.07) is 24.9. The van der Waals surface area contributed by atoms with Gasteiger partial charge in [-0.1, -0.05) is 66.7 Å².